The Balaban J connectivity index is 2.11. The SMILES string of the molecule is COc1cc(NC(=O)C2CCCC(N)C2)c(Br)cc1Br. The Labute approximate surface area is 135 Å². The second-order valence-electron chi connectivity index (χ2n) is 5.08. The van der Waals surface area contributed by atoms with E-state index in [0.29, 0.717) is 11.4 Å². The number of halogens is 2. The molecule has 2 atom stereocenters. The van der Waals surface area contributed by atoms with E-state index in [1.807, 2.05) is 6.07 Å². The van der Waals surface area contributed by atoms with Crippen molar-refractivity contribution in [2.75, 3.05) is 12.4 Å². The molecule has 1 aromatic carbocycles. The molecule has 2 rings (SSSR count). The molecule has 1 amide bonds. The Hall–Kier alpha value is -0.590. The van der Waals surface area contributed by atoms with Gasteiger partial charge in [0.2, 0.25) is 5.91 Å². The molecule has 4 nitrogen and oxygen atoms in total. The molecule has 2 unspecified atom stereocenters. The van der Waals surface area contributed by atoms with Crippen molar-refractivity contribution in [3.63, 3.8) is 0 Å². The summed E-state index contributed by atoms with van der Waals surface area (Å²) in [6, 6.07) is 3.80. The van der Waals surface area contributed by atoms with Gasteiger partial charge in [-0.15, -0.1) is 0 Å². The summed E-state index contributed by atoms with van der Waals surface area (Å²) in [4.78, 5) is 12.3. The number of ether oxygens (including phenoxy) is 1. The first kappa shape index (κ1) is 15.8. The average Bonchev–Trinajstić information content (AvgIpc) is 2.41. The monoisotopic (exact) mass is 404 g/mol. The van der Waals surface area contributed by atoms with Crippen LogP contribution in [0.4, 0.5) is 5.69 Å². The molecule has 0 saturated heterocycles. The fourth-order valence-electron chi connectivity index (χ4n) is 2.48. The lowest BCUT2D eigenvalue weighted by molar-refractivity contribution is -0.120. The predicted molar refractivity (Wildman–Crippen MR) is 87.0 cm³/mol. The molecule has 0 radical (unpaired) electrons. The lowest BCUT2D eigenvalue weighted by atomic mass is 9.85. The minimum absolute atomic E-state index is 0.000270. The van der Waals surface area contributed by atoms with Crippen LogP contribution >= 0.6 is 31.9 Å². The smallest absolute Gasteiger partial charge is 0.227 e. The van der Waals surface area contributed by atoms with E-state index in [-0.39, 0.29) is 17.9 Å². The van der Waals surface area contributed by atoms with Gasteiger partial charge < -0.3 is 15.8 Å². The van der Waals surface area contributed by atoms with Crippen LogP contribution in [0.5, 0.6) is 5.75 Å². The molecule has 1 fully saturated rings. The number of hydrogen-bond donors (Lipinski definition) is 2. The number of rotatable bonds is 3. The Kier molecular flexibility index (Phi) is 5.46. The molecular weight excluding hydrogens is 388 g/mol. The number of benzene rings is 1. The van der Waals surface area contributed by atoms with Crippen molar-refractivity contribution in [2.24, 2.45) is 11.7 Å². The average molecular weight is 406 g/mol. The summed E-state index contributed by atoms with van der Waals surface area (Å²) in [5.74, 6) is 0.717. The van der Waals surface area contributed by atoms with Crippen LogP contribution in [0, 0.1) is 5.92 Å². The van der Waals surface area contributed by atoms with E-state index in [4.69, 9.17) is 10.5 Å². The van der Waals surface area contributed by atoms with Crippen LogP contribution < -0.4 is 15.8 Å². The van der Waals surface area contributed by atoms with E-state index in [9.17, 15) is 4.79 Å². The Bertz CT molecular complexity index is 508. The summed E-state index contributed by atoms with van der Waals surface area (Å²) in [5.41, 5.74) is 6.65. The van der Waals surface area contributed by atoms with Crippen molar-refractivity contribution in [3.05, 3.63) is 21.1 Å². The molecule has 1 aliphatic carbocycles. The second-order valence-corrected chi connectivity index (χ2v) is 6.79. The largest absolute Gasteiger partial charge is 0.495 e. The first-order chi connectivity index (χ1) is 9.51. The Morgan fingerprint density at radius 1 is 1.35 bits per heavy atom. The standard InChI is InChI=1S/C14H18Br2N2O2/c1-20-13-7-12(10(15)6-11(13)16)18-14(19)8-3-2-4-9(17)5-8/h6-9H,2-5,17H2,1H3,(H,18,19). The van der Waals surface area contributed by atoms with Gasteiger partial charge in [-0.05, 0) is 57.2 Å². The summed E-state index contributed by atoms with van der Waals surface area (Å²) in [7, 11) is 1.60. The van der Waals surface area contributed by atoms with E-state index in [1.165, 1.54) is 0 Å². The Morgan fingerprint density at radius 3 is 2.75 bits per heavy atom. The summed E-state index contributed by atoms with van der Waals surface area (Å²) in [5, 5.41) is 2.96. The van der Waals surface area contributed by atoms with Crippen molar-refractivity contribution < 1.29 is 9.53 Å². The third kappa shape index (κ3) is 3.74. The van der Waals surface area contributed by atoms with Gasteiger partial charge >= 0.3 is 0 Å². The first-order valence-electron chi connectivity index (χ1n) is 6.60. The van der Waals surface area contributed by atoms with Gasteiger partial charge in [-0.3, -0.25) is 4.79 Å². The molecule has 0 bridgehead atoms. The van der Waals surface area contributed by atoms with E-state index in [1.54, 1.807) is 13.2 Å². The number of amides is 1. The van der Waals surface area contributed by atoms with Crippen molar-refractivity contribution in [1.29, 1.82) is 0 Å². The third-order valence-corrected chi connectivity index (χ3v) is 4.86. The molecule has 6 heteroatoms. The zero-order valence-electron chi connectivity index (χ0n) is 11.3. The summed E-state index contributed by atoms with van der Waals surface area (Å²) in [6.45, 7) is 0. The zero-order chi connectivity index (χ0) is 14.7. The number of anilines is 1. The van der Waals surface area contributed by atoms with E-state index < -0.39 is 0 Å². The molecule has 0 aromatic heterocycles. The zero-order valence-corrected chi connectivity index (χ0v) is 14.5. The van der Waals surface area contributed by atoms with Gasteiger partial charge in [0.1, 0.15) is 5.75 Å². The lowest BCUT2D eigenvalue weighted by Crippen LogP contribution is -2.34. The minimum atomic E-state index is 0.000270. The van der Waals surface area contributed by atoms with E-state index >= 15 is 0 Å². The number of methoxy groups -OCH3 is 1. The molecule has 20 heavy (non-hydrogen) atoms. The summed E-state index contributed by atoms with van der Waals surface area (Å²) in [6.07, 6.45) is 3.70. The molecule has 1 aliphatic rings. The van der Waals surface area contributed by atoms with Crippen molar-refractivity contribution in [1.82, 2.24) is 0 Å². The highest BCUT2D eigenvalue weighted by Gasteiger charge is 2.25. The molecule has 3 N–H and O–H groups in total. The highest BCUT2D eigenvalue weighted by molar-refractivity contribution is 9.11. The van der Waals surface area contributed by atoms with Crippen LogP contribution in [0.2, 0.25) is 0 Å². The molecule has 0 aliphatic heterocycles. The third-order valence-electron chi connectivity index (χ3n) is 3.58. The lowest BCUT2D eigenvalue weighted by Gasteiger charge is -2.25. The molecule has 1 saturated carbocycles. The Morgan fingerprint density at radius 2 is 2.10 bits per heavy atom. The quantitative estimate of drug-likeness (QED) is 0.806. The van der Waals surface area contributed by atoms with Gasteiger partial charge in [-0.2, -0.15) is 0 Å². The second kappa shape index (κ2) is 6.91. The maximum Gasteiger partial charge on any atom is 0.227 e. The van der Waals surface area contributed by atoms with Crippen LogP contribution in [0.3, 0.4) is 0 Å². The molecular formula is C14H18Br2N2O2. The van der Waals surface area contributed by atoms with E-state index in [2.05, 4.69) is 37.2 Å². The maximum atomic E-state index is 12.3. The molecule has 110 valence electrons. The van der Waals surface area contributed by atoms with Crippen molar-refractivity contribution >= 4 is 43.5 Å². The fraction of sp³-hybridized carbons (Fsp3) is 0.500. The molecule has 0 spiro atoms. The van der Waals surface area contributed by atoms with Crippen LogP contribution in [-0.2, 0) is 4.79 Å². The van der Waals surface area contributed by atoms with Gasteiger partial charge in [-0.25, -0.2) is 0 Å². The first-order valence-corrected chi connectivity index (χ1v) is 8.19. The normalized spacial score (nSPS) is 22.4. The van der Waals surface area contributed by atoms with Crippen LogP contribution in [0.15, 0.2) is 21.1 Å². The number of carbonyl (C=O) groups is 1. The topological polar surface area (TPSA) is 64.3 Å². The number of hydrogen-bond acceptors (Lipinski definition) is 3. The van der Waals surface area contributed by atoms with Gasteiger partial charge in [0.25, 0.3) is 0 Å². The van der Waals surface area contributed by atoms with Gasteiger partial charge in [-0.1, -0.05) is 6.42 Å². The summed E-state index contributed by atoms with van der Waals surface area (Å²) >= 11 is 6.86. The van der Waals surface area contributed by atoms with E-state index in [0.717, 1.165) is 34.6 Å². The number of carbonyl (C=O) groups excluding carboxylic acids is 1. The van der Waals surface area contributed by atoms with Crippen LogP contribution in [-0.4, -0.2) is 19.1 Å². The van der Waals surface area contributed by atoms with Crippen molar-refractivity contribution in [2.45, 2.75) is 31.7 Å². The molecule has 0 heterocycles. The number of nitrogens with two attached hydrogens (primary N) is 1. The van der Waals surface area contributed by atoms with Crippen LogP contribution in [0.25, 0.3) is 0 Å². The fourth-order valence-corrected chi connectivity index (χ4v) is 3.74. The van der Waals surface area contributed by atoms with Gasteiger partial charge in [0.05, 0.1) is 17.3 Å². The minimum Gasteiger partial charge on any atom is -0.495 e. The van der Waals surface area contributed by atoms with Gasteiger partial charge in [0.15, 0.2) is 0 Å². The maximum absolute atomic E-state index is 12.3. The van der Waals surface area contributed by atoms with Gasteiger partial charge in [0, 0.05) is 22.5 Å². The number of nitrogens with one attached hydrogen (secondary N) is 1. The highest BCUT2D eigenvalue weighted by Crippen LogP contribution is 2.35. The highest BCUT2D eigenvalue weighted by atomic mass is 79.9. The van der Waals surface area contributed by atoms with Crippen LogP contribution in [0.1, 0.15) is 25.7 Å². The molecule has 1 aromatic rings. The summed E-state index contributed by atoms with van der Waals surface area (Å²) < 4.78 is 6.90. The van der Waals surface area contributed by atoms with Crippen molar-refractivity contribution in [3.8, 4) is 5.75 Å². The predicted octanol–water partition coefficient (Wildman–Crippen LogP) is 3.68.